The van der Waals surface area contributed by atoms with Gasteiger partial charge in [0, 0.05) is 13.2 Å². The molecule has 0 bridgehead atoms. The van der Waals surface area contributed by atoms with Gasteiger partial charge >= 0.3 is 0 Å². The van der Waals surface area contributed by atoms with Gasteiger partial charge in [-0.15, -0.1) is 0 Å². The molecule has 0 aliphatic carbocycles. The molecule has 1 aromatic carbocycles. The Morgan fingerprint density at radius 1 is 1.31 bits per heavy atom. The standard InChI is InChI=1S/C18H19N5O3/c24-16(19-9-14-7-4-8-26-14)11-22-12-20-17-15(18(22)25)10-21-23(17)13-5-2-1-3-6-13/h1-3,5-6,10,12,14H,4,7-9,11H2,(H,19,24). The number of benzene rings is 1. The fraction of sp³-hybridized carbons (Fsp3) is 0.333. The lowest BCUT2D eigenvalue weighted by Crippen LogP contribution is -2.36. The fourth-order valence-corrected chi connectivity index (χ4v) is 3.06. The van der Waals surface area contributed by atoms with Crippen LogP contribution in [-0.4, -0.2) is 44.5 Å². The van der Waals surface area contributed by atoms with E-state index in [0.29, 0.717) is 17.6 Å². The molecule has 1 aliphatic rings. The van der Waals surface area contributed by atoms with Crippen molar-refractivity contribution in [2.45, 2.75) is 25.5 Å². The molecule has 1 unspecified atom stereocenters. The molecule has 1 aliphatic heterocycles. The second kappa shape index (κ2) is 7.09. The van der Waals surface area contributed by atoms with Crippen molar-refractivity contribution in [3.05, 3.63) is 53.2 Å². The Balaban J connectivity index is 1.53. The molecule has 4 rings (SSSR count). The van der Waals surface area contributed by atoms with Crippen LogP contribution >= 0.6 is 0 Å². The van der Waals surface area contributed by atoms with Crippen molar-refractivity contribution >= 4 is 16.9 Å². The molecule has 1 atom stereocenters. The first kappa shape index (κ1) is 16.5. The number of hydrogen-bond acceptors (Lipinski definition) is 5. The maximum absolute atomic E-state index is 12.6. The summed E-state index contributed by atoms with van der Waals surface area (Å²) in [6.07, 6.45) is 4.91. The minimum absolute atomic E-state index is 0.0698. The third-order valence-electron chi connectivity index (χ3n) is 4.42. The number of nitrogens with zero attached hydrogens (tertiary/aromatic N) is 4. The molecular formula is C18H19N5O3. The Morgan fingerprint density at radius 3 is 2.92 bits per heavy atom. The molecule has 8 nitrogen and oxygen atoms in total. The molecule has 26 heavy (non-hydrogen) atoms. The van der Waals surface area contributed by atoms with Crippen molar-refractivity contribution in [3.8, 4) is 5.69 Å². The van der Waals surface area contributed by atoms with Gasteiger partial charge in [-0.2, -0.15) is 5.10 Å². The highest BCUT2D eigenvalue weighted by molar-refractivity contribution is 5.77. The summed E-state index contributed by atoms with van der Waals surface area (Å²) in [5.74, 6) is -0.237. The topological polar surface area (TPSA) is 91.0 Å². The minimum Gasteiger partial charge on any atom is -0.376 e. The number of ether oxygens (including phenoxy) is 1. The summed E-state index contributed by atoms with van der Waals surface area (Å²) in [4.78, 5) is 29.1. The Kier molecular flexibility index (Phi) is 4.49. The SMILES string of the molecule is O=C(Cn1cnc2c(cnn2-c2ccccc2)c1=O)NCC1CCCO1. The lowest BCUT2D eigenvalue weighted by Gasteiger charge is -2.11. The first-order chi connectivity index (χ1) is 12.7. The maximum Gasteiger partial charge on any atom is 0.264 e. The van der Waals surface area contributed by atoms with E-state index in [4.69, 9.17) is 4.74 Å². The molecule has 1 N–H and O–H groups in total. The number of amides is 1. The van der Waals surface area contributed by atoms with Gasteiger partial charge in [-0.3, -0.25) is 14.2 Å². The summed E-state index contributed by atoms with van der Waals surface area (Å²) in [5, 5.41) is 7.44. The monoisotopic (exact) mass is 353 g/mol. The molecule has 3 heterocycles. The Labute approximate surface area is 149 Å². The van der Waals surface area contributed by atoms with Crippen LogP contribution in [-0.2, 0) is 16.1 Å². The van der Waals surface area contributed by atoms with Gasteiger partial charge in [0.15, 0.2) is 5.65 Å². The summed E-state index contributed by atoms with van der Waals surface area (Å²) in [7, 11) is 0. The van der Waals surface area contributed by atoms with Gasteiger partial charge in [0.25, 0.3) is 5.56 Å². The summed E-state index contributed by atoms with van der Waals surface area (Å²) >= 11 is 0. The maximum atomic E-state index is 12.6. The van der Waals surface area contributed by atoms with E-state index >= 15 is 0 Å². The number of rotatable bonds is 5. The van der Waals surface area contributed by atoms with Crippen LogP contribution < -0.4 is 10.9 Å². The zero-order valence-electron chi connectivity index (χ0n) is 14.2. The van der Waals surface area contributed by atoms with Crippen molar-refractivity contribution in [2.24, 2.45) is 0 Å². The van der Waals surface area contributed by atoms with Crippen LogP contribution in [0.3, 0.4) is 0 Å². The second-order valence-corrected chi connectivity index (χ2v) is 6.25. The van der Waals surface area contributed by atoms with Crippen molar-refractivity contribution in [1.29, 1.82) is 0 Å². The molecule has 2 aromatic heterocycles. The first-order valence-electron chi connectivity index (χ1n) is 8.59. The van der Waals surface area contributed by atoms with E-state index in [9.17, 15) is 9.59 Å². The number of aromatic nitrogens is 4. The molecule has 0 radical (unpaired) electrons. The smallest absolute Gasteiger partial charge is 0.264 e. The van der Waals surface area contributed by atoms with E-state index in [1.165, 1.54) is 17.1 Å². The van der Waals surface area contributed by atoms with Crippen molar-refractivity contribution < 1.29 is 9.53 Å². The predicted octanol–water partition coefficient (Wildman–Crippen LogP) is 0.877. The normalized spacial score (nSPS) is 16.8. The van der Waals surface area contributed by atoms with Gasteiger partial charge in [0.1, 0.15) is 18.3 Å². The van der Waals surface area contributed by atoms with E-state index in [-0.39, 0.29) is 24.1 Å². The Hall–Kier alpha value is -3.00. The van der Waals surface area contributed by atoms with Crippen LogP contribution in [0.25, 0.3) is 16.7 Å². The number of carbonyl (C=O) groups excluding carboxylic acids is 1. The van der Waals surface area contributed by atoms with Gasteiger partial charge in [-0.25, -0.2) is 9.67 Å². The summed E-state index contributed by atoms with van der Waals surface area (Å²) in [5.41, 5.74) is 1.00. The highest BCUT2D eigenvalue weighted by Gasteiger charge is 2.17. The van der Waals surface area contributed by atoms with Gasteiger partial charge in [0.05, 0.1) is 18.0 Å². The van der Waals surface area contributed by atoms with Crippen LogP contribution in [0.5, 0.6) is 0 Å². The highest BCUT2D eigenvalue weighted by atomic mass is 16.5. The average Bonchev–Trinajstić information content (AvgIpc) is 3.33. The highest BCUT2D eigenvalue weighted by Crippen LogP contribution is 2.13. The summed E-state index contributed by atoms with van der Waals surface area (Å²) in [6, 6.07) is 9.46. The third kappa shape index (κ3) is 3.23. The van der Waals surface area contributed by atoms with Crippen molar-refractivity contribution in [3.63, 3.8) is 0 Å². The number of hydrogen-bond donors (Lipinski definition) is 1. The molecule has 1 amide bonds. The average molecular weight is 353 g/mol. The second-order valence-electron chi connectivity index (χ2n) is 6.25. The van der Waals surface area contributed by atoms with Crippen LogP contribution in [0.1, 0.15) is 12.8 Å². The molecule has 134 valence electrons. The van der Waals surface area contributed by atoms with Crippen molar-refractivity contribution in [2.75, 3.05) is 13.2 Å². The van der Waals surface area contributed by atoms with Crippen LogP contribution in [0.2, 0.25) is 0 Å². The van der Waals surface area contributed by atoms with E-state index in [2.05, 4.69) is 15.4 Å². The largest absolute Gasteiger partial charge is 0.376 e. The number of para-hydroxylation sites is 1. The van der Waals surface area contributed by atoms with E-state index in [0.717, 1.165) is 25.1 Å². The van der Waals surface area contributed by atoms with Gasteiger partial charge < -0.3 is 10.1 Å². The summed E-state index contributed by atoms with van der Waals surface area (Å²) in [6.45, 7) is 1.13. The van der Waals surface area contributed by atoms with Crippen LogP contribution in [0.15, 0.2) is 47.7 Å². The molecule has 3 aromatic rings. The number of fused-ring (bicyclic) bond motifs is 1. The zero-order chi connectivity index (χ0) is 17.9. The van der Waals surface area contributed by atoms with Crippen molar-refractivity contribution in [1.82, 2.24) is 24.6 Å². The molecule has 0 saturated carbocycles. The fourth-order valence-electron chi connectivity index (χ4n) is 3.06. The van der Waals surface area contributed by atoms with E-state index < -0.39 is 0 Å². The number of carbonyl (C=O) groups is 1. The predicted molar refractivity (Wildman–Crippen MR) is 95.1 cm³/mol. The summed E-state index contributed by atoms with van der Waals surface area (Å²) < 4.78 is 8.38. The minimum atomic E-state index is -0.288. The van der Waals surface area contributed by atoms with Gasteiger partial charge in [-0.05, 0) is 25.0 Å². The van der Waals surface area contributed by atoms with Gasteiger partial charge in [-0.1, -0.05) is 18.2 Å². The molecule has 1 fully saturated rings. The quantitative estimate of drug-likeness (QED) is 0.735. The van der Waals surface area contributed by atoms with Gasteiger partial charge in [0.2, 0.25) is 5.91 Å². The molecule has 1 saturated heterocycles. The number of nitrogens with one attached hydrogen (secondary N) is 1. The Morgan fingerprint density at radius 2 is 2.15 bits per heavy atom. The molecular weight excluding hydrogens is 334 g/mol. The van der Waals surface area contributed by atoms with Crippen LogP contribution in [0, 0.1) is 0 Å². The lowest BCUT2D eigenvalue weighted by molar-refractivity contribution is -0.122. The lowest BCUT2D eigenvalue weighted by atomic mass is 10.2. The van der Waals surface area contributed by atoms with Crippen LogP contribution in [0.4, 0.5) is 0 Å². The third-order valence-corrected chi connectivity index (χ3v) is 4.42. The zero-order valence-corrected chi connectivity index (χ0v) is 14.2. The first-order valence-corrected chi connectivity index (χ1v) is 8.59. The molecule has 0 spiro atoms. The molecule has 8 heteroatoms. The van der Waals surface area contributed by atoms with E-state index in [1.54, 1.807) is 4.68 Å². The van der Waals surface area contributed by atoms with E-state index in [1.807, 2.05) is 30.3 Å². The Bertz CT molecular complexity index is 973.